The van der Waals surface area contributed by atoms with Crippen molar-refractivity contribution in [3.63, 3.8) is 0 Å². The first-order chi connectivity index (χ1) is 6.67. The van der Waals surface area contributed by atoms with E-state index in [1.165, 1.54) is 32.1 Å². The monoisotopic (exact) mass is 195 g/mol. The van der Waals surface area contributed by atoms with Gasteiger partial charge >= 0.3 is 0 Å². The normalized spacial score (nSPS) is 34.4. The van der Waals surface area contributed by atoms with Gasteiger partial charge in [-0.2, -0.15) is 0 Å². The summed E-state index contributed by atoms with van der Waals surface area (Å²) >= 11 is 0. The number of rotatable bonds is 2. The molecule has 1 heterocycles. The average molecular weight is 195 g/mol. The fourth-order valence-corrected chi connectivity index (χ4v) is 2.98. The highest BCUT2D eigenvalue weighted by atomic mass is 16.2. The van der Waals surface area contributed by atoms with E-state index in [1.807, 2.05) is 0 Å². The lowest BCUT2D eigenvalue weighted by atomic mass is 9.79. The molecule has 2 rings (SSSR count). The van der Waals surface area contributed by atoms with Gasteiger partial charge in [-0.3, -0.25) is 4.79 Å². The largest absolute Gasteiger partial charge is 0.334 e. The highest BCUT2D eigenvalue weighted by molar-refractivity contribution is 5.85. The van der Waals surface area contributed by atoms with Crippen molar-refractivity contribution in [3.8, 4) is 0 Å². The van der Waals surface area contributed by atoms with Gasteiger partial charge in [-0.25, -0.2) is 0 Å². The molecule has 0 aromatic rings. The quantitative estimate of drug-likeness (QED) is 0.620. The second kappa shape index (κ2) is 3.56. The van der Waals surface area contributed by atoms with Gasteiger partial charge in [-0.05, 0) is 26.2 Å². The maximum Gasteiger partial charge on any atom is 0.225 e. The summed E-state index contributed by atoms with van der Waals surface area (Å²) in [5, 5.41) is 0. The van der Waals surface area contributed by atoms with Crippen LogP contribution in [0.15, 0.2) is 0 Å². The molecule has 1 atom stereocenters. The molecule has 2 heteroatoms. The van der Waals surface area contributed by atoms with Crippen LogP contribution in [0, 0.1) is 0 Å². The Morgan fingerprint density at radius 1 is 1.36 bits per heavy atom. The number of hydrogen-bond donors (Lipinski definition) is 0. The van der Waals surface area contributed by atoms with Crippen LogP contribution in [0.2, 0.25) is 0 Å². The van der Waals surface area contributed by atoms with Crippen LogP contribution in [0.4, 0.5) is 0 Å². The molecule has 80 valence electrons. The highest BCUT2D eigenvalue weighted by Crippen LogP contribution is 2.40. The Hall–Kier alpha value is -0.530. The first-order valence-electron chi connectivity index (χ1n) is 5.99. The van der Waals surface area contributed by atoms with Crippen LogP contribution >= 0.6 is 0 Å². The number of carbonyl (C=O) groups excluding carboxylic acids is 1. The maximum absolute atomic E-state index is 11.6. The summed E-state index contributed by atoms with van der Waals surface area (Å²) in [6, 6.07) is 0.565. The molecule has 0 radical (unpaired) electrons. The molecule has 1 saturated carbocycles. The molecule has 0 aromatic heterocycles. The van der Waals surface area contributed by atoms with Crippen molar-refractivity contribution in [2.24, 2.45) is 0 Å². The van der Waals surface area contributed by atoms with Crippen molar-refractivity contribution in [1.29, 1.82) is 0 Å². The fraction of sp³-hybridized carbons (Fsp3) is 0.917. The number of likely N-dealkylation sites (tertiary alicyclic amines) is 1. The maximum atomic E-state index is 11.6. The van der Waals surface area contributed by atoms with Crippen molar-refractivity contribution in [2.75, 3.05) is 0 Å². The second-order valence-electron chi connectivity index (χ2n) is 5.08. The van der Waals surface area contributed by atoms with E-state index >= 15 is 0 Å². The van der Waals surface area contributed by atoms with E-state index in [0.29, 0.717) is 11.9 Å². The van der Waals surface area contributed by atoms with Gasteiger partial charge in [0.1, 0.15) is 0 Å². The zero-order chi connectivity index (χ0) is 10.2. The van der Waals surface area contributed by atoms with Gasteiger partial charge in [0.15, 0.2) is 0 Å². The summed E-state index contributed by atoms with van der Waals surface area (Å²) in [6.07, 6.45) is 8.35. The smallest absolute Gasteiger partial charge is 0.225 e. The first-order valence-corrected chi connectivity index (χ1v) is 5.99. The van der Waals surface area contributed by atoms with E-state index in [9.17, 15) is 4.79 Å². The molecule has 0 spiro atoms. The highest BCUT2D eigenvalue weighted by Gasteiger charge is 2.48. The Morgan fingerprint density at radius 2 is 2.00 bits per heavy atom. The van der Waals surface area contributed by atoms with Crippen molar-refractivity contribution in [1.82, 2.24) is 4.90 Å². The van der Waals surface area contributed by atoms with E-state index in [4.69, 9.17) is 0 Å². The lowest BCUT2D eigenvalue weighted by molar-refractivity contribution is -0.162. The summed E-state index contributed by atoms with van der Waals surface area (Å²) in [5.41, 5.74) is 0.194. The standard InChI is InChI=1S/C12H21NO/c1-3-12(2)9-11(14)13(12)10-7-5-4-6-8-10/h10H,3-9H2,1-2H3/t12-/m1/s1. The number of amides is 1. The Morgan fingerprint density at radius 3 is 2.50 bits per heavy atom. The molecule has 0 unspecified atom stereocenters. The van der Waals surface area contributed by atoms with Gasteiger partial charge in [0.2, 0.25) is 5.91 Å². The van der Waals surface area contributed by atoms with Gasteiger partial charge < -0.3 is 4.90 Å². The van der Waals surface area contributed by atoms with Gasteiger partial charge in [0.05, 0.1) is 0 Å². The molecule has 2 aliphatic rings. The Labute approximate surface area is 86.7 Å². The van der Waals surface area contributed by atoms with Crippen LogP contribution in [-0.4, -0.2) is 22.4 Å². The van der Waals surface area contributed by atoms with Crippen LogP contribution in [0.5, 0.6) is 0 Å². The molecule has 0 aromatic carbocycles. The van der Waals surface area contributed by atoms with Crippen LogP contribution in [0.3, 0.4) is 0 Å². The Kier molecular flexibility index (Phi) is 2.54. The molecule has 1 saturated heterocycles. The zero-order valence-corrected chi connectivity index (χ0v) is 9.38. The third-order valence-corrected chi connectivity index (χ3v) is 4.08. The van der Waals surface area contributed by atoms with E-state index in [2.05, 4.69) is 18.7 Å². The van der Waals surface area contributed by atoms with Crippen LogP contribution in [0.1, 0.15) is 58.8 Å². The molecular weight excluding hydrogens is 174 g/mol. The minimum absolute atomic E-state index is 0.194. The molecule has 1 amide bonds. The summed E-state index contributed by atoms with van der Waals surface area (Å²) in [4.78, 5) is 13.8. The predicted octanol–water partition coefficient (Wildman–Crippen LogP) is 2.72. The minimum atomic E-state index is 0.194. The van der Waals surface area contributed by atoms with Crippen LogP contribution < -0.4 is 0 Å². The van der Waals surface area contributed by atoms with E-state index in [-0.39, 0.29) is 5.54 Å². The van der Waals surface area contributed by atoms with Crippen molar-refractivity contribution < 1.29 is 4.79 Å². The number of hydrogen-bond acceptors (Lipinski definition) is 1. The second-order valence-corrected chi connectivity index (χ2v) is 5.08. The van der Waals surface area contributed by atoms with Crippen molar-refractivity contribution >= 4 is 5.91 Å². The summed E-state index contributed by atoms with van der Waals surface area (Å²) in [7, 11) is 0. The van der Waals surface area contributed by atoms with Gasteiger partial charge in [-0.1, -0.05) is 26.2 Å². The average Bonchev–Trinajstić information content (AvgIpc) is 2.18. The van der Waals surface area contributed by atoms with Gasteiger partial charge in [0.25, 0.3) is 0 Å². The Balaban J connectivity index is 2.04. The molecule has 1 aliphatic heterocycles. The molecule has 0 N–H and O–H groups in total. The summed E-state index contributed by atoms with van der Waals surface area (Å²) < 4.78 is 0. The molecule has 14 heavy (non-hydrogen) atoms. The number of nitrogens with zero attached hydrogens (tertiary/aromatic N) is 1. The molecule has 0 bridgehead atoms. The third-order valence-electron chi connectivity index (χ3n) is 4.08. The van der Waals surface area contributed by atoms with Crippen LogP contribution in [-0.2, 0) is 4.79 Å². The third kappa shape index (κ3) is 1.45. The van der Waals surface area contributed by atoms with Crippen molar-refractivity contribution in [3.05, 3.63) is 0 Å². The zero-order valence-electron chi connectivity index (χ0n) is 9.38. The van der Waals surface area contributed by atoms with Crippen LogP contribution in [0.25, 0.3) is 0 Å². The van der Waals surface area contributed by atoms with Gasteiger partial charge in [-0.15, -0.1) is 0 Å². The van der Waals surface area contributed by atoms with E-state index in [0.717, 1.165) is 12.8 Å². The first kappa shape index (κ1) is 10.0. The molecule has 2 nitrogen and oxygen atoms in total. The SMILES string of the molecule is CC[C@]1(C)CC(=O)N1C1CCCCC1. The summed E-state index contributed by atoms with van der Waals surface area (Å²) in [6.45, 7) is 4.44. The lowest BCUT2D eigenvalue weighted by Crippen LogP contribution is -2.65. The summed E-state index contributed by atoms with van der Waals surface area (Å²) in [5.74, 6) is 0.390. The molecule has 1 aliphatic carbocycles. The molecule has 2 fully saturated rings. The van der Waals surface area contributed by atoms with Crippen molar-refractivity contribution in [2.45, 2.75) is 70.4 Å². The van der Waals surface area contributed by atoms with E-state index in [1.54, 1.807) is 0 Å². The lowest BCUT2D eigenvalue weighted by Gasteiger charge is -2.54. The Bertz CT molecular complexity index is 232. The molecular formula is C12H21NO. The minimum Gasteiger partial charge on any atom is -0.334 e. The van der Waals surface area contributed by atoms with E-state index < -0.39 is 0 Å². The topological polar surface area (TPSA) is 20.3 Å². The number of β-lactam (4-membered cyclic amide) rings is 1. The predicted molar refractivity (Wildman–Crippen MR) is 57.0 cm³/mol. The fourth-order valence-electron chi connectivity index (χ4n) is 2.98. The van der Waals surface area contributed by atoms with Gasteiger partial charge in [0, 0.05) is 18.0 Å². The number of carbonyl (C=O) groups is 1.